The van der Waals surface area contributed by atoms with Gasteiger partial charge in [0.15, 0.2) is 0 Å². The standard InChI is InChI=1S/C14H30N2O/c1-6-16(12(4)5)13-7-8-14(9-13,10-17)15-11(2)3/h11-13,15,17H,6-10H2,1-5H3. The van der Waals surface area contributed by atoms with Gasteiger partial charge in [0, 0.05) is 23.7 Å². The van der Waals surface area contributed by atoms with E-state index in [9.17, 15) is 5.11 Å². The summed E-state index contributed by atoms with van der Waals surface area (Å²) < 4.78 is 0. The van der Waals surface area contributed by atoms with Gasteiger partial charge in [-0.05, 0) is 39.7 Å². The van der Waals surface area contributed by atoms with E-state index < -0.39 is 0 Å². The van der Waals surface area contributed by atoms with Gasteiger partial charge in [0.25, 0.3) is 0 Å². The van der Waals surface area contributed by atoms with Crippen LogP contribution in [0.4, 0.5) is 0 Å². The third-order valence-corrected chi connectivity index (χ3v) is 3.98. The number of rotatable bonds is 6. The first-order valence-electron chi connectivity index (χ1n) is 7.08. The molecule has 0 aromatic carbocycles. The molecule has 0 aliphatic heterocycles. The Labute approximate surface area is 107 Å². The van der Waals surface area contributed by atoms with E-state index in [-0.39, 0.29) is 12.1 Å². The van der Waals surface area contributed by atoms with Crippen LogP contribution in [-0.4, -0.2) is 46.8 Å². The molecule has 2 N–H and O–H groups in total. The minimum Gasteiger partial charge on any atom is -0.394 e. The molecule has 0 amide bonds. The Balaban J connectivity index is 2.65. The zero-order valence-corrected chi connectivity index (χ0v) is 12.2. The molecule has 1 rings (SSSR count). The van der Waals surface area contributed by atoms with E-state index in [0.29, 0.717) is 18.1 Å². The van der Waals surface area contributed by atoms with Crippen molar-refractivity contribution < 1.29 is 5.11 Å². The zero-order chi connectivity index (χ0) is 13.1. The Hall–Kier alpha value is -0.120. The number of aliphatic hydroxyl groups excluding tert-OH is 1. The fourth-order valence-corrected chi connectivity index (χ4v) is 3.36. The Kier molecular flexibility index (Phi) is 5.42. The largest absolute Gasteiger partial charge is 0.394 e. The predicted molar refractivity (Wildman–Crippen MR) is 73.2 cm³/mol. The second-order valence-corrected chi connectivity index (χ2v) is 6.06. The lowest BCUT2D eigenvalue weighted by Crippen LogP contribution is -2.51. The smallest absolute Gasteiger partial charge is 0.0614 e. The number of nitrogens with zero attached hydrogens (tertiary/aromatic N) is 1. The predicted octanol–water partition coefficient (Wildman–Crippen LogP) is 2.00. The van der Waals surface area contributed by atoms with Crippen molar-refractivity contribution in [2.45, 2.75) is 77.5 Å². The second-order valence-electron chi connectivity index (χ2n) is 6.06. The highest BCUT2D eigenvalue weighted by atomic mass is 16.3. The molecule has 0 saturated heterocycles. The van der Waals surface area contributed by atoms with E-state index in [1.807, 2.05) is 0 Å². The lowest BCUT2D eigenvalue weighted by atomic mass is 9.97. The van der Waals surface area contributed by atoms with Gasteiger partial charge in [-0.3, -0.25) is 4.90 Å². The molecule has 2 unspecified atom stereocenters. The Morgan fingerprint density at radius 3 is 2.41 bits per heavy atom. The van der Waals surface area contributed by atoms with Crippen LogP contribution in [0, 0.1) is 0 Å². The van der Waals surface area contributed by atoms with Gasteiger partial charge in [-0.2, -0.15) is 0 Å². The molecule has 102 valence electrons. The van der Waals surface area contributed by atoms with Gasteiger partial charge in [0.05, 0.1) is 6.61 Å². The first-order chi connectivity index (χ1) is 7.94. The first kappa shape index (κ1) is 14.9. The third kappa shape index (κ3) is 3.67. The van der Waals surface area contributed by atoms with Crippen molar-refractivity contribution in [2.24, 2.45) is 0 Å². The summed E-state index contributed by atoms with van der Waals surface area (Å²) in [6.07, 6.45) is 3.37. The number of aliphatic hydroxyl groups is 1. The van der Waals surface area contributed by atoms with Crippen LogP contribution in [0.3, 0.4) is 0 Å². The summed E-state index contributed by atoms with van der Waals surface area (Å²) in [6, 6.07) is 1.66. The van der Waals surface area contributed by atoms with Crippen molar-refractivity contribution in [1.82, 2.24) is 10.2 Å². The summed E-state index contributed by atoms with van der Waals surface area (Å²) in [7, 11) is 0. The van der Waals surface area contributed by atoms with Crippen LogP contribution in [0.1, 0.15) is 53.9 Å². The van der Waals surface area contributed by atoms with Crippen molar-refractivity contribution in [3.05, 3.63) is 0 Å². The van der Waals surface area contributed by atoms with Gasteiger partial charge < -0.3 is 10.4 Å². The lowest BCUT2D eigenvalue weighted by Gasteiger charge is -2.35. The van der Waals surface area contributed by atoms with Gasteiger partial charge in [-0.25, -0.2) is 0 Å². The molecule has 0 heterocycles. The summed E-state index contributed by atoms with van der Waals surface area (Å²) >= 11 is 0. The average molecular weight is 242 g/mol. The van der Waals surface area contributed by atoms with E-state index in [0.717, 1.165) is 19.4 Å². The molecule has 3 heteroatoms. The zero-order valence-electron chi connectivity index (χ0n) is 12.2. The van der Waals surface area contributed by atoms with Gasteiger partial charge in [0.2, 0.25) is 0 Å². The molecule has 0 spiro atoms. The maximum Gasteiger partial charge on any atom is 0.0614 e. The molecular formula is C14H30N2O. The quantitative estimate of drug-likeness (QED) is 0.748. The van der Waals surface area contributed by atoms with Crippen molar-refractivity contribution in [1.29, 1.82) is 0 Å². The highest BCUT2D eigenvalue weighted by Gasteiger charge is 2.41. The van der Waals surface area contributed by atoms with E-state index in [2.05, 4.69) is 44.8 Å². The summed E-state index contributed by atoms with van der Waals surface area (Å²) in [6.45, 7) is 12.4. The fourth-order valence-electron chi connectivity index (χ4n) is 3.36. The van der Waals surface area contributed by atoms with Crippen molar-refractivity contribution in [3.8, 4) is 0 Å². The summed E-state index contributed by atoms with van der Waals surface area (Å²) in [5, 5.41) is 13.3. The van der Waals surface area contributed by atoms with Crippen LogP contribution >= 0.6 is 0 Å². The van der Waals surface area contributed by atoms with Crippen molar-refractivity contribution in [2.75, 3.05) is 13.2 Å². The molecule has 3 nitrogen and oxygen atoms in total. The maximum absolute atomic E-state index is 9.70. The minimum absolute atomic E-state index is 0.0405. The molecule has 0 aromatic heterocycles. The topological polar surface area (TPSA) is 35.5 Å². The summed E-state index contributed by atoms with van der Waals surface area (Å²) in [4.78, 5) is 2.55. The van der Waals surface area contributed by atoms with Gasteiger partial charge in [-0.15, -0.1) is 0 Å². The van der Waals surface area contributed by atoms with Crippen molar-refractivity contribution in [3.63, 3.8) is 0 Å². The molecule has 1 saturated carbocycles. The molecule has 1 fully saturated rings. The normalized spacial score (nSPS) is 29.8. The van der Waals surface area contributed by atoms with Crippen LogP contribution in [-0.2, 0) is 0 Å². The van der Waals surface area contributed by atoms with Crippen LogP contribution in [0.2, 0.25) is 0 Å². The highest BCUT2D eigenvalue weighted by molar-refractivity contribution is 5.00. The van der Waals surface area contributed by atoms with Gasteiger partial charge >= 0.3 is 0 Å². The van der Waals surface area contributed by atoms with Crippen LogP contribution in [0.25, 0.3) is 0 Å². The Morgan fingerprint density at radius 1 is 1.35 bits per heavy atom. The Bertz CT molecular complexity index is 230. The van der Waals surface area contributed by atoms with E-state index in [1.54, 1.807) is 0 Å². The van der Waals surface area contributed by atoms with Crippen LogP contribution < -0.4 is 5.32 Å². The molecule has 0 aromatic rings. The third-order valence-electron chi connectivity index (χ3n) is 3.98. The monoisotopic (exact) mass is 242 g/mol. The number of nitrogens with one attached hydrogen (secondary N) is 1. The van der Waals surface area contributed by atoms with Gasteiger partial charge in [0.1, 0.15) is 0 Å². The number of hydrogen-bond donors (Lipinski definition) is 2. The molecule has 2 atom stereocenters. The highest BCUT2D eigenvalue weighted by Crippen LogP contribution is 2.34. The van der Waals surface area contributed by atoms with Crippen molar-refractivity contribution >= 4 is 0 Å². The Morgan fingerprint density at radius 2 is 2.00 bits per heavy atom. The molecule has 1 aliphatic carbocycles. The van der Waals surface area contributed by atoms with Gasteiger partial charge in [-0.1, -0.05) is 20.8 Å². The summed E-state index contributed by atoms with van der Waals surface area (Å²) in [5.41, 5.74) is -0.0405. The SMILES string of the molecule is CCN(C(C)C)C1CCC(CO)(NC(C)C)C1. The van der Waals surface area contributed by atoms with Crippen LogP contribution in [0.15, 0.2) is 0 Å². The van der Waals surface area contributed by atoms with E-state index in [4.69, 9.17) is 0 Å². The van der Waals surface area contributed by atoms with E-state index >= 15 is 0 Å². The molecule has 0 radical (unpaired) electrons. The second kappa shape index (κ2) is 6.17. The lowest BCUT2D eigenvalue weighted by molar-refractivity contribution is 0.124. The maximum atomic E-state index is 9.70. The number of hydrogen-bond acceptors (Lipinski definition) is 3. The minimum atomic E-state index is -0.0405. The molecule has 1 aliphatic rings. The average Bonchev–Trinajstić information content (AvgIpc) is 2.62. The fraction of sp³-hybridized carbons (Fsp3) is 1.00. The van der Waals surface area contributed by atoms with E-state index in [1.165, 1.54) is 6.42 Å². The molecular weight excluding hydrogens is 212 g/mol. The first-order valence-corrected chi connectivity index (χ1v) is 7.08. The molecule has 17 heavy (non-hydrogen) atoms. The molecule has 0 bridgehead atoms. The summed E-state index contributed by atoms with van der Waals surface area (Å²) in [5.74, 6) is 0. The van der Waals surface area contributed by atoms with Crippen LogP contribution in [0.5, 0.6) is 0 Å².